The third-order valence-electron chi connectivity index (χ3n) is 3.04. The van der Waals surface area contributed by atoms with Crippen molar-refractivity contribution >= 4 is 33.0 Å². The SMILES string of the molecule is CCOCCCNC(=O)c1sc2ccc(C)cc2c1N. The number of hydrogen-bond acceptors (Lipinski definition) is 4. The van der Waals surface area contributed by atoms with Gasteiger partial charge in [-0.25, -0.2) is 0 Å². The molecule has 0 unspecified atom stereocenters. The van der Waals surface area contributed by atoms with Crippen molar-refractivity contribution in [1.29, 1.82) is 0 Å². The highest BCUT2D eigenvalue weighted by Crippen LogP contribution is 2.34. The van der Waals surface area contributed by atoms with E-state index in [-0.39, 0.29) is 5.91 Å². The summed E-state index contributed by atoms with van der Waals surface area (Å²) in [5.74, 6) is -0.0992. The number of hydrogen-bond donors (Lipinski definition) is 2. The first-order valence-corrected chi connectivity index (χ1v) is 7.59. The molecule has 0 spiro atoms. The van der Waals surface area contributed by atoms with Gasteiger partial charge in [-0.1, -0.05) is 11.6 Å². The molecule has 0 aliphatic rings. The van der Waals surface area contributed by atoms with Crippen LogP contribution >= 0.6 is 11.3 Å². The Labute approximate surface area is 122 Å². The summed E-state index contributed by atoms with van der Waals surface area (Å²) < 4.78 is 6.28. The fourth-order valence-corrected chi connectivity index (χ4v) is 3.02. The summed E-state index contributed by atoms with van der Waals surface area (Å²) >= 11 is 1.44. The van der Waals surface area contributed by atoms with Gasteiger partial charge in [0.1, 0.15) is 4.88 Å². The Morgan fingerprint density at radius 2 is 2.25 bits per heavy atom. The van der Waals surface area contributed by atoms with Crippen LogP contribution in [0.4, 0.5) is 5.69 Å². The van der Waals surface area contributed by atoms with Crippen molar-refractivity contribution in [2.75, 3.05) is 25.5 Å². The molecule has 1 heterocycles. The highest BCUT2D eigenvalue weighted by atomic mass is 32.1. The first kappa shape index (κ1) is 14.8. The van der Waals surface area contributed by atoms with Gasteiger partial charge >= 0.3 is 0 Å². The molecule has 0 saturated carbocycles. The van der Waals surface area contributed by atoms with E-state index in [2.05, 4.69) is 5.32 Å². The summed E-state index contributed by atoms with van der Waals surface area (Å²) in [6.45, 7) is 5.95. The van der Waals surface area contributed by atoms with E-state index in [1.807, 2.05) is 32.0 Å². The van der Waals surface area contributed by atoms with E-state index in [4.69, 9.17) is 10.5 Å². The maximum atomic E-state index is 12.1. The van der Waals surface area contributed by atoms with Crippen molar-refractivity contribution in [1.82, 2.24) is 5.32 Å². The zero-order chi connectivity index (χ0) is 14.5. The number of benzene rings is 1. The minimum atomic E-state index is -0.0992. The van der Waals surface area contributed by atoms with Crippen molar-refractivity contribution in [2.24, 2.45) is 0 Å². The van der Waals surface area contributed by atoms with Gasteiger partial charge in [-0.15, -0.1) is 11.3 Å². The average molecular weight is 292 g/mol. The highest BCUT2D eigenvalue weighted by molar-refractivity contribution is 7.21. The normalized spacial score (nSPS) is 10.9. The van der Waals surface area contributed by atoms with Crippen LogP contribution in [0.1, 0.15) is 28.6 Å². The van der Waals surface area contributed by atoms with Gasteiger partial charge in [-0.3, -0.25) is 4.79 Å². The van der Waals surface area contributed by atoms with E-state index < -0.39 is 0 Å². The maximum absolute atomic E-state index is 12.1. The van der Waals surface area contributed by atoms with Crippen LogP contribution in [0, 0.1) is 6.92 Å². The Morgan fingerprint density at radius 1 is 1.45 bits per heavy atom. The molecule has 1 aromatic carbocycles. The molecule has 1 aromatic heterocycles. The summed E-state index contributed by atoms with van der Waals surface area (Å²) in [6.07, 6.45) is 0.809. The van der Waals surface area contributed by atoms with Crippen LogP contribution in [0.2, 0.25) is 0 Å². The molecule has 5 heteroatoms. The number of nitrogens with two attached hydrogens (primary N) is 1. The Hall–Kier alpha value is -1.59. The number of ether oxygens (including phenoxy) is 1. The van der Waals surface area contributed by atoms with Gasteiger partial charge in [-0.05, 0) is 32.4 Å². The number of thiophene rings is 1. The standard InChI is InChI=1S/C15H20N2O2S/c1-3-19-8-4-7-17-15(18)14-13(16)11-9-10(2)5-6-12(11)20-14/h5-6,9H,3-4,7-8,16H2,1-2H3,(H,17,18). The number of amides is 1. The molecule has 108 valence electrons. The monoisotopic (exact) mass is 292 g/mol. The predicted octanol–water partition coefficient (Wildman–Crippen LogP) is 2.95. The average Bonchev–Trinajstić information content (AvgIpc) is 2.76. The Balaban J connectivity index is 2.05. The quantitative estimate of drug-likeness (QED) is 0.805. The second-order valence-electron chi connectivity index (χ2n) is 4.65. The number of anilines is 1. The Kier molecular flexibility index (Phi) is 4.98. The highest BCUT2D eigenvalue weighted by Gasteiger charge is 2.15. The lowest BCUT2D eigenvalue weighted by molar-refractivity contribution is 0.0949. The van der Waals surface area contributed by atoms with Gasteiger partial charge < -0.3 is 15.8 Å². The topological polar surface area (TPSA) is 64.3 Å². The van der Waals surface area contributed by atoms with Crippen molar-refractivity contribution < 1.29 is 9.53 Å². The molecule has 0 atom stereocenters. The molecule has 2 rings (SSSR count). The summed E-state index contributed by atoms with van der Waals surface area (Å²) in [6, 6.07) is 6.06. The third kappa shape index (κ3) is 3.29. The number of carbonyl (C=O) groups excluding carboxylic acids is 1. The molecule has 0 aliphatic carbocycles. The van der Waals surface area contributed by atoms with E-state index in [1.165, 1.54) is 11.3 Å². The first-order valence-electron chi connectivity index (χ1n) is 6.78. The number of rotatable bonds is 6. The van der Waals surface area contributed by atoms with Crippen LogP contribution in [0.3, 0.4) is 0 Å². The number of aryl methyl sites for hydroxylation is 1. The third-order valence-corrected chi connectivity index (χ3v) is 4.23. The zero-order valence-electron chi connectivity index (χ0n) is 11.9. The van der Waals surface area contributed by atoms with Crippen LogP contribution in [-0.4, -0.2) is 25.7 Å². The largest absolute Gasteiger partial charge is 0.397 e. The van der Waals surface area contributed by atoms with E-state index in [0.29, 0.717) is 30.3 Å². The molecule has 2 aromatic rings. The van der Waals surface area contributed by atoms with E-state index in [0.717, 1.165) is 22.1 Å². The molecule has 20 heavy (non-hydrogen) atoms. The fourth-order valence-electron chi connectivity index (χ4n) is 2.00. The van der Waals surface area contributed by atoms with E-state index in [9.17, 15) is 4.79 Å². The molecular formula is C15H20N2O2S. The number of nitrogens with one attached hydrogen (secondary N) is 1. The second-order valence-corrected chi connectivity index (χ2v) is 5.70. The minimum Gasteiger partial charge on any atom is -0.397 e. The summed E-state index contributed by atoms with van der Waals surface area (Å²) in [7, 11) is 0. The lowest BCUT2D eigenvalue weighted by atomic mass is 10.1. The zero-order valence-corrected chi connectivity index (χ0v) is 12.7. The first-order chi connectivity index (χ1) is 9.63. The minimum absolute atomic E-state index is 0.0992. The van der Waals surface area contributed by atoms with Crippen molar-refractivity contribution in [3.05, 3.63) is 28.6 Å². The van der Waals surface area contributed by atoms with Gasteiger partial charge in [0, 0.05) is 29.8 Å². The molecule has 3 N–H and O–H groups in total. The number of carbonyl (C=O) groups is 1. The van der Waals surface area contributed by atoms with Crippen LogP contribution in [0.15, 0.2) is 18.2 Å². The van der Waals surface area contributed by atoms with Crippen LogP contribution in [-0.2, 0) is 4.74 Å². The van der Waals surface area contributed by atoms with E-state index in [1.54, 1.807) is 0 Å². The van der Waals surface area contributed by atoms with Gasteiger partial charge in [0.25, 0.3) is 5.91 Å². The molecule has 0 bridgehead atoms. The summed E-state index contributed by atoms with van der Waals surface area (Å²) in [5.41, 5.74) is 7.81. The smallest absolute Gasteiger partial charge is 0.263 e. The number of fused-ring (bicyclic) bond motifs is 1. The van der Waals surface area contributed by atoms with Crippen LogP contribution < -0.4 is 11.1 Å². The molecule has 0 radical (unpaired) electrons. The van der Waals surface area contributed by atoms with Gasteiger partial charge in [0.15, 0.2) is 0 Å². The molecular weight excluding hydrogens is 272 g/mol. The number of nitrogen functional groups attached to an aromatic ring is 1. The second kappa shape index (κ2) is 6.72. The molecule has 1 amide bonds. The van der Waals surface area contributed by atoms with Crippen molar-refractivity contribution in [2.45, 2.75) is 20.3 Å². The van der Waals surface area contributed by atoms with Crippen molar-refractivity contribution in [3.63, 3.8) is 0 Å². The van der Waals surface area contributed by atoms with Crippen LogP contribution in [0.5, 0.6) is 0 Å². The maximum Gasteiger partial charge on any atom is 0.263 e. The summed E-state index contributed by atoms with van der Waals surface area (Å²) in [5, 5.41) is 3.85. The fraction of sp³-hybridized carbons (Fsp3) is 0.400. The molecule has 0 aliphatic heterocycles. The lowest BCUT2D eigenvalue weighted by Crippen LogP contribution is -2.25. The summed E-state index contributed by atoms with van der Waals surface area (Å²) in [4.78, 5) is 12.7. The van der Waals surface area contributed by atoms with E-state index >= 15 is 0 Å². The van der Waals surface area contributed by atoms with Crippen molar-refractivity contribution in [3.8, 4) is 0 Å². The predicted molar refractivity (Wildman–Crippen MR) is 84.4 cm³/mol. The van der Waals surface area contributed by atoms with Gasteiger partial charge in [0.2, 0.25) is 0 Å². The van der Waals surface area contributed by atoms with Crippen LogP contribution in [0.25, 0.3) is 10.1 Å². The van der Waals surface area contributed by atoms with Gasteiger partial charge in [-0.2, -0.15) is 0 Å². The lowest BCUT2D eigenvalue weighted by Gasteiger charge is -2.04. The molecule has 4 nitrogen and oxygen atoms in total. The van der Waals surface area contributed by atoms with Gasteiger partial charge in [0.05, 0.1) is 5.69 Å². The molecule has 0 saturated heterocycles. The Bertz CT molecular complexity index is 607. The molecule has 0 fully saturated rings. The Morgan fingerprint density at radius 3 is 3.00 bits per heavy atom.